The molecule has 0 aliphatic carbocycles. The normalized spacial score (nSPS) is 11.0. The third kappa shape index (κ3) is 2.96. The second kappa shape index (κ2) is 5.89. The number of hydrogen-bond donors (Lipinski definition) is 1. The van der Waals surface area contributed by atoms with Crippen molar-refractivity contribution >= 4 is 0 Å². The molecule has 0 unspecified atom stereocenters. The van der Waals surface area contributed by atoms with Crippen LogP contribution in [-0.2, 0) is 13.1 Å². The fourth-order valence-electron chi connectivity index (χ4n) is 2.11. The molecule has 2 N–H and O–H groups in total. The van der Waals surface area contributed by atoms with E-state index in [2.05, 4.69) is 16.5 Å². The Bertz CT molecular complexity index is 529. The first-order valence-corrected chi connectivity index (χ1v) is 6.67. The van der Waals surface area contributed by atoms with Gasteiger partial charge in [-0.25, -0.2) is 4.98 Å². The highest BCUT2D eigenvalue weighted by Gasteiger charge is 2.09. The molecule has 1 heterocycles. The van der Waals surface area contributed by atoms with Gasteiger partial charge in [-0.2, -0.15) is 0 Å². The molecule has 0 aliphatic rings. The molecule has 0 saturated carbocycles. The molecular weight excluding hydrogens is 238 g/mol. The fourth-order valence-corrected chi connectivity index (χ4v) is 2.11. The minimum absolute atomic E-state index is 0.187. The van der Waals surface area contributed by atoms with Crippen molar-refractivity contribution in [2.75, 3.05) is 0 Å². The molecule has 102 valence electrons. The number of ether oxygens (including phenoxy) is 1. The molecule has 2 aromatic rings. The van der Waals surface area contributed by atoms with Gasteiger partial charge in [0.25, 0.3) is 0 Å². The van der Waals surface area contributed by atoms with Crippen LogP contribution in [0.4, 0.5) is 0 Å². The van der Waals surface area contributed by atoms with Gasteiger partial charge in [0.05, 0.1) is 18.0 Å². The van der Waals surface area contributed by atoms with Crippen LogP contribution in [0.1, 0.15) is 26.5 Å². The predicted octanol–water partition coefficient (Wildman–Crippen LogP) is 2.82. The van der Waals surface area contributed by atoms with E-state index >= 15 is 0 Å². The second-order valence-electron chi connectivity index (χ2n) is 4.71. The lowest BCUT2D eigenvalue weighted by Gasteiger charge is -2.11. The average Bonchev–Trinajstić information content (AvgIpc) is 2.81. The zero-order valence-electron chi connectivity index (χ0n) is 11.8. The van der Waals surface area contributed by atoms with Crippen molar-refractivity contribution in [3.05, 3.63) is 36.2 Å². The second-order valence-corrected chi connectivity index (χ2v) is 4.71. The summed E-state index contributed by atoms with van der Waals surface area (Å²) in [6, 6.07) is 8.03. The van der Waals surface area contributed by atoms with Crippen molar-refractivity contribution < 1.29 is 4.74 Å². The van der Waals surface area contributed by atoms with E-state index in [-0.39, 0.29) is 6.10 Å². The largest absolute Gasteiger partial charge is 0.491 e. The first-order chi connectivity index (χ1) is 9.15. The molecule has 0 radical (unpaired) electrons. The maximum atomic E-state index is 5.72. The van der Waals surface area contributed by atoms with E-state index in [0.717, 1.165) is 29.4 Å². The van der Waals surface area contributed by atoms with Crippen LogP contribution in [0.25, 0.3) is 11.4 Å². The lowest BCUT2D eigenvalue weighted by molar-refractivity contribution is 0.242. The fraction of sp³-hybridized carbons (Fsp3) is 0.400. The molecule has 0 spiro atoms. The van der Waals surface area contributed by atoms with Crippen molar-refractivity contribution in [3.63, 3.8) is 0 Å². The summed E-state index contributed by atoms with van der Waals surface area (Å²) in [6.07, 6.45) is 2.03. The number of aromatic nitrogens is 2. The Morgan fingerprint density at radius 2 is 1.95 bits per heavy atom. The summed E-state index contributed by atoms with van der Waals surface area (Å²) in [5.74, 6) is 1.84. The molecule has 19 heavy (non-hydrogen) atoms. The third-order valence-electron chi connectivity index (χ3n) is 2.95. The summed E-state index contributed by atoms with van der Waals surface area (Å²) in [5.41, 5.74) is 7.85. The molecule has 0 saturated heterocycles. The SMILES string of the molecule is CCn1c(CN)cnc1-c1ccc(OC(C)C)cc1. The zero-order chi connectivity index (χ0) is 13.8. The molecule has 0 atom stereocenters. The lowest BCUT2D eigenvalue weighted by atomic mass is 10.2. The Labute approximate surface area is 114 Å². The van der Waals surface area contributed by atoms with Crippen LogP contribution in [0.15, 0.2) is 30.5 Å². The summed E-state index contributed by atoms with van der Waals surface area (Å²) in [6.45, 7) is 7.51. The smallest absolute Gasteiger partial charge is 0.140 e. The van der Waals surface area contributed by atoms with Crippen molar-refractivity contribution in [1.82, 2.24) is 9.55 Å². The molecule has 1 aromatic carbocycles. The van der Waals surface area contributed by atoms with Crippen LogP contribution < -0.4 is 10.5 Å². The highest BCUT2D eigenvalue weighted by atomic mass is 16.5. The maximum absolute atomic E-state index is 5.72. The van der Waals surface area contributed by atoms with Crippen LogP contribution >= 0.6 is 0 Å². The first kappa shape index (κ1) is 13.6. The lowest BCUT2D eigenvalue weighted by Crippen LogP contribution is -2.07. The molecule has 0 fully saturated rings. The first-order valence-electron chi connectivity index (χ1n) is 6.67. The molecular formula is C15H21N3O. The Balaban J connectivity index is 2.29. The van der Waals surface area contributed by atoms with E-state index in [9.17, 15) is 0 Å². The monoisotopic (exact) mass is 259 g/mol. The number of rotatable bonds is 5. The van der Waals surface area contributed by atoms with Crippen molar-refractivity contribution in [2.24, 2.45) is 5.73 Å². The van der Waals surface area contributed by atoms with Gasteiger partial charge in [0, 0.05) is 18.7 Å². The summed E-state index contributed by atoms with van der Waals surface area (Å²) in [7, 11) is 0. The van der Waals surface area contributed by atoms with Gasteiger partial charge in [0.15, 0.2) is 0 Å². The van der Waals surface area contributed by atoms with E-state index in [0.29, 0.717) is 6.54 Å². The van der Waals surface area contributed by atoms with Crippen LogP contribution in [0.3, 0.4) is 0 Å². The number of benzene rings is 1. The Morgan fingerprint density at radius 3 is 2.47 bits per heavy atom. The van der Waals surface area contributed by atoms with Crippen LogP contribution in [0.5, 0.6) is 5.75 Å². The topological polar surface area (TPSA) is 53.1 Å². The van der Waals surface area contributed by atoms with Crippen molar-refractivity contribution in [2.45, 2.75) is 40.0 Å². The Morgan fingerprint density at radius 1 is 1.26 bits per heavy atom. The van der Waals surface area contributed by atoms with Gasteiger partial charge < -0.3 is 15.0 Å². The van der Waals surface area contributed by atoms with Crippen LogP contribution in [0, 0.1) is 0 Å². The predicted molar refractivity (Wildman–Crippen MR) is 77.0 cm³/mol. The van der Waals surface area contributed by atoms with Gasteiger partial charge in [0.1, 0.15) is 11.6 Å². The molecule has 2 rings (SSSR count). The van der Waals surface area contributed by atoms with Crippen molar-refractivity contribution in [1.29, 1.82) is 0 Å². The van der Waals surface area contributed by atoms with E-state index in [4.69, 9.17) is 10.5 Å². The molecule has 1 aromatic heterocycles. The van der Waals surface area contributed by atoms with Gasteiger partial charge in [-0.15, -0.1) is 0 Å². The molecule has 0 aliphatic heterocycles. The average molecular weight is 259 g/mol. The quantitative estimate of drug-likeness (QED) is 0.898. The summed E-state index contributed by atoms with van der Waals surface area (Å²) in [5, 5.41) is 0. The highest BCUT2D eigenvalue weighted by Crippen LogP contribution is 2.23. The summed E-state index contributed by atoms with van der Waals surface area (Å²) < 4.78 is 7.78. The van der Waals surface area contributed by atoms with E-state index in [1.807, 2.05) is 44.3 Å². The van der Waals surface area contributed by atoms with E-state index in [1.54, 1.807) is 0 Å². The standard InChI is InChI=1S/C15H21N3O/c1-4-18-13(9-16)10-17-15(18)12-5-7-14(8-6-12)19-11(2)3/h5-8,10-11H,4,9,16H2,1-3H3. The number of nitrogens with zero attached hydrogens (tertiary/aromatic N) is 2. The highest BCUT2D eigenvalue weighted by molar-refractivity contribution is 5.57. The van der Waals surface area contributed by atoms with Crippen molar-refractivity contribution in [3.8, 4) is 17.1 Å². The van der Waals surface area contributed by atoms with E-state index < -0.39 is 0 Å². The molecule has 0 amide bonds. The van der Waals surface area contributed by atoms with Crippen LogP contribution in [0.2, 0.25) is 0 Å². The minimum Gasteiger partial charge on any atom is -0.491 e. The Kier molecular flexibility index (Phi) is 4.22. The summed E-state index contributed by atoms with van der Waals surface area (Å²) in [4.78, 5) is 4.46. The number of hydrogen-bond acceptors (Lipinski definition) is 3. The zero-order valence-corrected chi connectivity index (χ0v) is 11.8. The minimum atomic E-state index is 0.187. The Hall–Kier alpha value is -1.81. The van der Waals surface area contributed by atoms with E-state index in [1.165, 1.54) is 0 Å². The maximum Gasteiger partial charge on any atom is 0.140 e. The number of imidazole rings is 1. The van der Waals surface area contributed by atoms with Gasteiger partial charge >= 0.3 is 0 Å². The van der Waals surface area contributed by atoms with Gasteiger partial charge in [0.2, 0.25) is 0 Å². The number of nitrogens with two attached hydrogens (primary N) is 1. The third-order valence-corrected chi connectivity index (χ3v) is 2.95. The molecule has 4 heteroatoms. The van der Waals surface area contributed by atoms with Gasteiger partial charge in [-0.05, 0) is 45.0 Å². The molecule has 4 nitrogen and oxygen atoms in total. The van der Waals surface area contributed by atoms with Gasteiger partial charge in [-0.3, -0.25) is 0 Å². The van der Waals surface area contributed by atoms with Crippen LogP contribution in [-0.4, -0.2) is 15.7 Å². The van der Waals surface area contributed by atoms with Gasteiger partial charge in [-0.1, -0.05) is 0 Å². The summed E-state index contributed by atoms with van der Waals surface area (Å²) >= 11 is 0. The molecule has 0 bridgehead atoms.